The van der Waals surface area contributed by atoms with Gasteiger partial charge in [-0.3, -0.25) is 4.79 Å². The third-order valence-corrected chi connectivity index (χ3v) is 4.92. The summed E-state index contributed by atoms with van der Waals surface area (Å²) in [5.74, 6) is -0.284. The molecule has 5 nitrogen and oxygen atoms in total. The Morgan fingerprint density at radius 1 is 1.00 bits per heavy atom. The largest absolute Gasteiger partial charge is 0.322 e. The second-order valence-electron chi connectivity index (χ2n) is 6.70. The molecular weight excluding hydrogens is 324 g/mol. The van der Waals surface area contributed by atoms with Crippen molar-refractivity contribution in [2.24, 2.45) is 0 Å². The molecule has 2 aromatic rings. The zero-order chi connectivity index (χ0) is 18.0. The zero-order valence-corrected chi connectivity index (χ0v) is 15.1. The van der Waals surface area contributed by atoms with Crippen molar-refractivity contribution < 1.29 is 13.2 Å². The topological polar surface area (TPSA) is 75.3 Å². The summed E-state index contributed by atoms with van der Waals surface area (Å²) in [6, 6.07) is 13.3. The van der Waals surface area contributed by atoms with Crippen LogP contribution >= 0.6 is 0 Å². The van der Waals surface area contributed by atoms with E-state index in [4.69, 9.17) is 0 Å². The number of hydrogen-bond acceptors (Lipinski definition) is 3. The first-order valence-electron chi connectivity index (χ1n) is 7.59. The minimum absolute atomic E-state index is 0.129. The van der Waals surface area contributed by atoms with E-state index in [9.17, 15) is 13.2 Å². The number of amides is 1. The number of aryl methyl sites for hydroxylation is 1. The number of hydrogen-bond donors (Lipinski definition) is 2. The summed E-state index contributed by atoms with van der Waals surface area (Å²) in [5, 5.41) is 2.79. The van der Waals surface area contributed by atoms with Gasteiger partial charge in [0.05, 0.1) is 4.90 Å². The molecule has 0 saturated carbocycles. The first kappa shape index (κ1) is 18.2. The van der Waals surface area contributed by atoms with Crippen molar-refractivity contribution in [1.82, 2.24) is 4.72 Å². The van der Waals surface area contributed by atoms with Crippen molar-refractivity contribution in [3.8, 4) is 0 Å². The highest BCUT2D eigenvalue weighted by Gasteiger charge is 2.22. The Labute approximate surface area is 143 Å². The molecule has 6 heteroatoms. The summed E-state index contributed by atoms with van der Waals surface area (Å²) >= 11 is 0. The molecule has 0 unspecified atom stereocenters. The minimum Gasteiger partial charge on any atom is -0.322 e. The number of nitrogens with one attached hydrogen (secondary N) is 2. The molecule has 2 aromatic carbocycles. The Bertz CT molecular complexity index is 835. The molecule has 0 fully saturated rings. The summed E-state index contributed by atoms with van der Waals surface area (Å²) in [6.45, 7) is 7.26. The summed E-state index contributed by atoms with van der Waals surface area (Å²) < 4.78 is 27.1. The van der Waals surface area contributed by atoms with Crippen molar-refractivity contribution >= 4 is 21.6 Å². The van der Waals surface area contributed by atoms with E-state index in [2.05, 4.69) is 10.0 Å². The fourth-order valence-corrected chi connectivity index (χ4v) is 3.59. The maximum Gasteiger partial charge on any atom is 0.255 e. The first-order chi connectivity index (χ1) is 11.1. The zero-order valence-electron chi connectivity index (χ0n) is 14.3. The van der Waals surface area contributed by atoms with Crippen LogP contribution < -0.4 is 10.0 Å². The van der Waals surface area contributed by atoms with Crippen LogP contribution in [0.25, 0.3) is 0 Å². The van der Waals surface area contributed by atoms with Gasteiger partial charge in [0.1, 0.15) is 0 Å². The van der Waals surface area contributed by atoms with E-state index in [0.29, 0.717) is 11.3 Å². The Balaban J connectivity index is 2.16. The molecule has 2 N–H and O–H groups in total. The lowest BCUT2D eigenvalue weighted by Gasteiger charge is -2.20. The number of anilines is 1. The van der Waals surface area contributed by atoms with Crippen LogP contribution in [0.15, 0.2) is 53.4 Å². The maximum absolute atomic E-state index is 12.2. The number of carbonyl (C=O) groups is 1. The quantitative estimate of drug-likeness (QED) is 0.892. The Morgan fingerprint density at radius 2 is 1.62 bits per heavy atom. The molecule has 0 radical (unpaired) electrons. The van der Waals surface area contributed by atoms with Crippen LogP contribution in [0.5, 0.6) is 0 Å². The lowest BCUT2D eigenvalue weighted by molar-refractivity contribution is 0.102. The van der Waals surface area contributed by atoms with Crippen LogP contribution in [0.3, 0.4) is 0 Å². The average molecular weight is 346 g/mol. The normalized spacial score (nSPS) is 12.0. The van der Waals surface area contributed by atoms with Gasteiger partial charge in [0, 0.05) is 16.8 Å². The van der Waals surface area contributed by atoms with Gasteiger partial charge >= 0.3 is 0 Å². The number of carbonyl (C=O) groups excluding carboxylic acids is 1. The molecule has 0 aliphatic rings. The summed E-state index contributed by atoms with van der Waals surface area (Å²) in [5.41, 5.74) is 1.57. The van der Waals surface area contributed by atoms with Crippen molar-refractivity contribution in [3.05, 3.63) is 59.7 Å². The molecule has 24 heavy (non-hydrogen) atoms. The van der Waals surface area contributed by atoms with Crippen LogP contribution in [-0.4, -0.2) is 19.9 Å². The molecule has 0 aliphatic carbocycles. The first-order valence-corrected chi connectivity index (χ1v) is 9.07. The Kier molecular flexibility index (Phi) is 5.11. The van der Waals surface area contributed by atoms with Gasteiger partial charge in [-0.25, -0.2) is 13.1 Å². The summed E-state index contributed by atoms with van der Waals surface area (Å²) in [7, 11) is -3.61. The van der Waals surface area contributed by atoms with E-state index in [0.717, 1.165) is 5.56 Å². The van der Waals surface area contributed by atoms with Gasteiger partial charge < -0.3 is 5.32 Å². The third kappa shape index (κ3) is 4.91. The lowest BCUT2D eigenvalue weighted by atomic mass is 10.1. The second kappa shape index (κ2) is 6.75. The van der Waals surface area contributed by atoms with Gasteiger partial charge in [-0.1, -0.05) is 12.1 Å². The van der Waals surface area contributed by atoms with E-state index in [1.807, 2.05) is 25.1 Å². The summed E-state index contributed by atoms with van der Waals surface area (Å²) in [4.78, 5) is 12.4. The molecule has 0 spiro atoms. The monoisotopic (exact) mass is 346 g/mol. The van der Waals surface area contributed by atoms with Gasteiger partial charge in [-0.2, -0.15) is 0 Å². The standard InChI is InChI=1S/C18H22N2O3S/c1-13-6-5-7-15(12-13)19-17(21)14-8-10-16(11-9-14)24(22,23)20-18(2,3)4/h5-12,20H,1-4H3,(H,19,21). The van der Waals surface area contributed by atoms with Crippen LogP contribution in [0.4, 0.5) is 5.69 Å². The average Bonchev–Trinajstić information content (AvgIpc) is 2.45. The van der Waals surface area contributed by atoms with Crippen LogP contribution in [0.2, 0.25) is 0 Å². The lowest BCUT2D eigenvalue weighted by Crippen LogP contribution is -2.40. The SMILES string of the molecule is Cc1cccc(NC(=O)c2ccc(S(=O)(=O)NC(C)(C)C)cc2)c1. The van der Waals surface area contributed by atoms with E-state index >= 15 is 0 Å². The Hall–Kier alpha value is -2.18. The van der Waals surface area contributed by atoms with E-state index in [1.54, 1.807) is 26.8 Å². The summed E-state index contributed by atoms with van der Waals surface area (Å²) in [6.07, 6.45) is 0. The van der Waals surface area contributed by atoms with E-state index in [1.165, 1.54) is 24.3 Å². The third-order valence-electron chi connectivity index (χ3n) is 3.14. The van der Waals surface area contributed by atoms with Crippen LogP contribution in [-0.2, 0) is 10.0 Å². The van der Waals surface area contributed by atoms with Crippen molar-refractivity contribution in [3.63, 3.8) is 0 Å². The molecule has 0 aliphatic heterocycles. The molecular formula is C18H22N2O3S. The van der Waals surface area contributed by atoms with Crippen molar-refractivity contribution in [1.29, 1.82) is 0 Å². The van der Waals surface area contributed by atoms with Gasteiger partial charge in [0.2, 0.25) is 10.0 Å². The van der Waals surface area contributed by atoms with Crippen molar-refractivity contribution in [2.75, 3.05) is 5.32 Å². The molecule has 128 valence electrons. The number of benzene rings is 2. The highest BCUT2D eigenvalue weighted by Crippen LogP contribution is 2.16. The molecule has 2 rings (SSSR count). The minimum atomic E-state index is -3.61. The molecule has 0 atom stereocenters. The molecule has 0 bridgehead atoms. The molecule has 0 saturated heterocycles. The Morgan fingerprint density at radius 3 is 2.17 bits per heavy atom. The highest BCUT2D eigenvalue weighted by atomic mass is 32.2. The van der Waals surface area contributed by atoms with E-state index in [-0.39, 0.29) is 10.8 Å². The fraction of sp³-hybridized carbons (Fsp3) is 0.278. The van der Waals surface area contributed by atoms with Gasteiger partial charge in [0.15, 0.2) is 0 Å². The predicted octanol–water partition coefficient (Wildman–Crippen LogP) is 3.32. The maximum atomic E-state index is 12.2. The van der Waals surface area contributed by atoms with E-state index < -0.39 is 15.6 Å². The smallest absolute Gasteiger partial charge is 0.255 e. The van der Waals surface area contributed by atoms with Gasteiger partial charge in [-0.05, 0) is 69.7 Å². The fourth-order valence-electron chi connectivity index (χ4n) is 2.17. The molecule has 1 amide bonds. The van der Waals surface area contributed by atoms with Gasteiger partial charge in [-0.15, -0.1) is 0 Å². The predicted molar refractivity (Wildman–Crippen MR) is 95.6 cm³/mol. The second-order valence-corrected chi connectivity index (χ2v) is 8.39. The molecule has 0 aromatic heterocycles. The van der Waals surface area contributed by atoms with Crippen LogP contribution in [0, 0.1) is 6.92 Å². The molecule has 0 heterocycles. The number of sulfonamides is 1. The highest BCUT2D eigenvalue weighted by molar-refractivity contribution is 7.89. The number of rotatable bonds is 4. The van der Waals surface area contributed by atoms with Crippen LogP contribution in [0.1, 0.15) is 36.7 Å². The van der Waals surface area contributed by atoms with Gasteiger partial charge in [0.25, 0.3) is 5.91 Å². The van der Waals surface area contributed by atoms with Crippen molar-refractivity contribution in [2.45, 2.75) is 38.1 Å².